The molecule has 1 aromatic heterocycles. The molecule has 1 heterocycles. The molecule has 0 aliphatic heterocycles. The summed E-state index contributed by atoms with van der Waals surface area (Å²) in [7, 11) is 1.67. The van der Waals surface area contributed by atoms with Gasteiger partial charge in [-0.25, -0.2) is 0 Å². The van der Waals surface area contributed by atoms with Crippen molar-refractivity contribution in [2.75, 3.05) is 19.3 Å². The van der Waals surface area contributed by atoms with Crippen LogP contribution in [0.15, 0.2) is 18.2 Å². The van der Waals surface area contributed by atoms with E-state index in [1.165, 1.54) is 16.2 Å². The van der Waals surface area contributed by atoms with Crippen molar-refractivity contribution in [2.24, 2.45) is 0 Å². The van der Waals surface area contributed by atoms with E-state index in [2.05, 4.69) is 0 Å². The second-order valence-corrected chi connectivity index (χ2v) is 5.85. The SMILES string of the molecule is Cc1cccc2c(N)c(C(=O)N(C)CC(C)O)sc12. The largest absolute Gasteiger partial charge is 0.397 e. The highest BCUT2D eigenvalue weighted by molar-refractivity contribution is 7.21. The topological polar surface area (TPSA) is 66.6 Å². The first-order valence-corrected chi connectivity index (χ1v) is 6.94. The number of nitrogens with two attached hydrogens (primary N) is 1. The van der Waals surface area contributed by atoms with Crippen molar-refractivity contribution >= 4 is 33.0 Å². The lowest BCUT2D eigenvalue weighted by Gasteiger charge is -2.18. The number of anilines is 1. The zero-order valence-electron chi connectivity index (χ0n) is 11.3. The first-order valence-electron chi connectivity index (χ1n) is 6.13. The van der Waals surface area contributed by atoms with E-state index in [4.69, 9.17) is 5.73 Å². The van der Waals surface area contributed by atoms with E-state index in [0.717, 1.165) is 15.6 Å². The van der Waals surface area contributed by atoms with E-state index < -0.39 is 6.10 Å². The van der Waals surface area contributed by atoms with Gasteiger partial charge in [-0.3, -0.25) is 4.79 Å². The molecule has 0 aliphatic rings. The molecule has 1 amide bonds. The zero-order chi connectivity index (χ0) is 14.2. The number of amides is 1. The van der Waals surface area contributed by atoms with Crippen molar-refractivity contribution in [1.29, 1.82) is 0 Å². The van der Waals surface area contributed by atoms with Crippen LogP contribution in [0.1, 0.15) is 22.2 Å². The minimum absolute atomic E-state index is 0.140. The molecule has 5 heteroatoms. The molecule has 1 aromatic carbocycles. The molecule has 102 valence electrons. The van der Waals surface area contributed by atoms with Gasteiger partial charge < -0.3 is 15.7 Å². The number of hydrogen-bond donors (Lipinski definition) is 2. The van der Waals surface area contributed by atoms with Crippen molar-refractivity contribution in [3.8, 4) is 0 Å². The van der Waals surface area contributed by atoms with Crippen LogP contribution < -0.4 is 5.73 Å². The third kappa shape index (κ3) is 2.57. The average molecular weight is 278 g/mol. The Kier molecular flexibility index (Phi) is 3.78. The molecule has 0 saturated heterocycles. The van der Waals surface area contributed by atoms with Crippen molar-refractivity contribution in [3.05, 3.63) is 28.6 Å². The Morgan fingerprint density at radius 3 is 2.79 bits per heavy atom. The molecule has 3 N–H and O–H groups in total. The van der Waals surface area contributed by atoms with Crippen LogP contribution in [-0.4, -0.2) is 35.6 Å². The van der Waals surface area contributed by atoms with E-state index >= 15 is 0 Å². The van der Waals surface area contributed by atoms with Crippen molar-refractivity contribution < 1.29 is 9.90 Å². The Bertz CT molecular complexity index is 619. The number of aliphatic hydroxyl groups excluding tert-OH is 1. The number of aliphatic hydroxyl groups is 1. The zero-order valence-corrected chi connectivity index (χ0v) is 12.1. The minimum Gasteiger partial charge on any atom is -0.397 e. The second-order valence-electron chi connectivity index (χ2n) is 4.83. The van der Waals surface area contributed by atoms with Crippen molar-refractivity contribution in [3.63, 3.8) is 0 Å². The quantitative estimate of drug-likeness (QED) is 0.905. The number of rotatable bonds is 3. The summed E-state index contributed by atoms with van der Waals surface area (Å²) < 4.78 is 1.05. The van der Waals surface area contributed by atoms with Crippen molar-refractivity contribution in [1.82, 2.24) is 4.90 Å². The predicted octanol–water partition coefficient (Wildman–Crippen LogP) is 2.24. The number of fused-ring (bicyclic) bond motifs is 1. The molecule has 0 fully saturated rings. The van der Waals surface area contributed by atoms with Crippen LogP contribution in [-0.2, 0) is 0 Å². The summed E-state index contributed by atoms with van der Waals surface area (Å²) in [5, 5.41) is 10.3. The predicted molar refractivity (Wildman–Crippen MR) is 79.6 cm³/mol. The maximum Gasteiger partial charge on any atom is 0.265 e. The number of carbonyl (C=O) groups excluding carboxylic acids is 1. The highest BCUT2D eigenvalue weighted by Gasteiger charge is 2.20. The molecule has 0 bridgehead atoms. The molecule has 0 aliphatic carbocycles. The van der Waals surface area contributed by atoms with Gasteiger partial charge in [-0.15, -0.1) is 11.3 Å². The van der Waals surface area contributed by atoms with Gasteiger partial charge in [0.25, 0.3) is 5.91 Å². The lowest BCUT2D eigenvalue weighted by Crippen LogP contribution is -2.32. The van der Waals surface area contributed by atoms with Gasteiger partial charge >= 0.3 is 0 Å². The highest BCUT2D eigenvalue weighted by Crippen LogP contribution is 2.36. The van der Waals surface area contributed by atoms with E-state index in [1.54, 1.807) is 14.0 Å². The summed E-state index contributed by atoms with van der Waals surface area (Å²) in [4.78, 5) is 14.4. The molecule has 0 saturated carbocycles. The van der Waals surface area contributed by atoms with E-state index in [0.29, 0.717) is 17.1 Å². The van der Waals surface area contributed by atoms with Gasteiger partial charge in [0.2, 0.25) is 0 Å². The van der Waals surface area contributed by atoms with Crippen LogP contribution in [0.2, 0.25) is 0 Å². The van der Waals surface area contributed by atoms with E-state index in [1.807, 2.05) is 25.1 Å². The third-order valence-electron chi connectivity index (χ3n) is 3.03. The van der Waals surface area contributed by atoms with Gasteiger partial charge in [-0.2, -0.15) is 0 Å². The number of hydrogen-bond acceptors (Lipinski definition) is 4. The first kappa shape index (κ1) is 13.8. The summed E-state index contributed by atoms with van der Waals surface area (Å²) in [5.41, 5.74) is 7.73. The Morgan fingerprint density at radius 1 is 1.53 bits per heavy atom. The van der Waals surface area contributed by atoms with Gasteiger partial charge in [-0.1, -0.05) is 18.2 Å². The van der Waals surface area contributed by atoms with Crippen LogP contribution in [0.25, 0.3) is 10.1 Å². The van der Waals surface area contributed by atoms with Gasteiger partial charge in [0.1, 0.15) is 4.88 Å². The standard InChI is InChI=1S/C14H18N2O2S/c1-8-5-4-6-10-11(15)13(19-12(8)10)14(18)16(3)7-9(2)17/h4-6,9,17H,7,15H2,1-3H3. The monoisotopic (exact) mass is 278 g/mol. The molecule has 2 aromatic rings. The lowest BCUT2D eigenvalue weighted by molar-refractivity contribution is 0.0709. The van der Waals surface area contributed by atoms with Gasteiger partial charge in [0, 0.05) is 23.7 Å². The van der Waals surface area contributed by atoms with Crippen LogP contribution in [0.4, 0.5) is 5.69 Å². The molecule has 19 heavy (non-hydrogen) atoms. The first-order chi connectivity index (χ1) is 8.91. The number of benzene rings is 1. The van der Waals surface area contributed by atoms with Crippen LogP contribution >= 0.6 is 11.3 Å². The normalized spacial score (nSPS) is 12.6. The fraction of sp³-hybridized carbons (Fsp3) is 0.357. The molecular formula is C14H18N2O2S. The molecular weight excluding hydrogens is 260 g/mol. The average Bonchev–Trinajstić information content (AvgIpc) is 2.67. The molecule has 2 rings (SSSR count). The van der Waals surface area contributed by atoms with Crippen LogP contribution in [0, 0.1) is 6.92 Å². The van der Waals surface area contributed by atoms with Crippen LogP contribution in [0.5, 0.6) is 0 Å². The van der Waals surface area contributed by atoms with Gasteiger partial charge in [-0.05, 0) is 19.4 Å². The third-order valence-corrected chi connectivity index (χ3v) is 4.37. The summed E-state index contributed by atoms with van der Waals surface area (Å²) in [6.07, 6.45) is -0.550. The lowest BCUT2D eigenvalue weighted by atomic mass is 10.1. The van der Waals surface area contributed by atoms with Gasteiger partial charge in [0.15, 0.2) is 0 Å². The Morgan fingerprint density at radius 2 is 2.21 bits per heavy atom. The number of nitrogens with zero attached hydrogens (tertiary/aromatic N) is 1. The summed E-state index contributed by atoms with van der Waals surface area (Å²) >= 11 is 1.42. The number of carbonyl (C=O) groups is 1. The summed E-state index contributed by atoms with van der Waals surface area (Å²) in [5.74, 6) is -0.140. The molecule has 1 atom stereocenters. The summed E-state index contributed by atoms with van der Waals surface area (Å²) in [6, 6.07) is 5.88. The number of likely N-dealkylation sites (N-methyl/N-ethyl adjacent to an activating group) is 1. The smallest absolute Gasteiger partial charge is 0.265 e. The molecule has 0 radical (unpaired) electrons. The Balaban J connectivity index is 2.43. The maximum absolute atomic E-state index is 12.3. The molecule has 0 spiro atoms. The van der Waals surface area contributed by atoms with E-state index in [9.17, 15) is 9.90 Å². The minimum atomic E-state index is -0.550. The second kappa shape index (κ2) is 5.19. The molecule has 1 unspecified atom stereocenters. The van der Waals surface area contributed by atoms with Crippen molar-refractivity contribution in [2.45, 2.75) is 20.0 Å². The fourth-order valence-electron chi connectivity index (χ4n) is 2.09. The number of aryl methyl sites for hydroxylation is 1. The number of nitrogen functional groups attached to an aromatic ring is 1. The van der Waals surface area contributed by atoms with E-state index in [-0.39, 0.29) is 5.91 Å². The Hall–Kier alpha value is -1.59. The maximum atomic E-state index is 12.3. The Labute approximate surface area is 116 Å². The molecule has 4 nitrogen and oxygen atoms in total. The van der Waals surface area contributed by atoms with Crippen LogP contribution in [0.3, 0.4) is 0 Å². The van der Waals surface area contributed by atoms with Gasteiger partial charge in [0.05, 0.1) is 11.8 Å². The highest BCUT2D eigenvalue weighted by atomic mass is 32.1. The fourth-order valence-corrected chi connectivity index (χ4v) is 3.28. The number of thiophene rings is 1. The summed E-state index contributed by atoms with van der Waals surface area (Å²) in [6.45, 7) is 3.96.